The van der Waals surface area contributed by atoms with E-state index in [-0.39, 0.29) is 17.4 Å². The number of nitrogens with zero attached hydrogens (tertiary/aromatic N) is 5. The molecular weight excluding hydrogens is 769 g/mol. The molecule has 5 aromatic rings. The molecule has 7 rings (SSSR count). The molecule has 0 aliphatic carbocycles. The van der Waals surface area contributed by atoms with Crippen LogP contribution in [0.3, 0.4) is 0 Å². The summed E-state index contributed by atoms with van der Waals surface area (Å²) < 4.78 is 20.6. The highest BCUT2D eigenvalue weighted by molar-refractivity contribution is 6.35. The van der Waals surface area contributed by atoms with Crippen molar-refractivity contribution in [1.29, 1.82) is 0 Å². The van der Waals surface area contributed by atoms with Crippen LogP contribution in [0.2, 0.25) is 10.0 Å². The molecule has 11 heteroatoms. The van der Waals surface area contributed by atoms with E-state index in [2.05, 4.69) is 103 Å². The number of allylic oxidation sites excluding steroid dienone is 1. The minimum absolute atomic E-state index is 0.0686. The summed E-state index contributed by atoms with van der Waals surface area (Å²) in [7, 11) is 2.14. The van der Waals surface area contributed by atoms with E-state index < -0.39 is 5.79 Å². The normalized spacial score (nSPS) is 18.2. The van der Waals surface area contributed by atoms with E-state index in [1.807, 2.05) is 52.1 Å². The number of piperazine rings is 1. The Hall–Kier alpha value is -4.82. The lowest BCUT2D eigenvalue weighted by molar-refractivity contribution is -0.189. The zero-order valence-electron chi connectivity index (χ0n) is 34.0. The van der Waals surface area contributed by atoms with Crippen molar-refractivity contribution >= 4 is 45.6 Å². The van der Waals surface area contributed by atoms with E-state index in [4.69, 9.17) is 37.4 Å². The minimum Gasteiger partial charge on any atom is -0.491 e. The smallest absolute Gasteiger partial charge is 0.219 e. The lowest BCUT2D eigenvalue weighted by Gasteiger charge is -2.35. The fraction of sp³-hybridized carbons (Fsp3) is 0.362. The highest BCUT2D eigenvalue weighted by Gasteiger charge is 2.45. The molecule has 0 radical (unpaired) electrons. The molecule has 4 aromatic carbocycles. The number of ether oxygens (including phenoxy) is 3. The summed E-state index contributed by atoms with van der Waals surface area (Å²) in [5.41, 5.74) is 3.26. The zero-order chi connectivity index (χ0) is 41.1. The maximum absolute atomic E-state index is 11.6. The minimum atomic E-state index is -1.08. The molecule has 0 saturated carbocycles. The Labute approximate surface area is 353 Å². The summed E-state index contributed by atoms with van der Waals surface area (Å²) in [4.78, 5) is 22.1. The van der Waals surface area contributed by atoms with Gasteiger partial charge in [-0.2, -0.15) is 0 Å². The molecular formula is C47H53Cl2N5O4. The van der Waals surface area contributed by atoms with Gasteiger partial charge in [-0.1, -0.05) is 89.6 Å². The van der Waals surface area contributed by atoms with Crippen molar-refractivity contribution in [1.82, 2.24) is 19.4 Å². The van der Waals surface area contributed by atoms with Gasteiger partial charge in [0.1, 0.15) is 18.5 Å². The number of benzene rings is 4. The van der Waals surface area contributed by atoms with Gasteiger partial charge in [0, 0.05) is 80.3 Å². The van der Waals surface area contributed by atoms with Crippen molar-refractivity contribution in [3.8, 4) is 17.6 Å². The summed E-state index contributed by atoms with van der Waals surface area (Å²) >= 11 is 12.7. The van der Waals surface area contributed by atoms with Gasteiger partial charge in [-0.3, -0.25) is 9.69 Å². The van der Waals surface area contributed by atoms with Crippen LogP contribution in [0.5, 0.6) is 5.75 Å². The molecule has 0 unspecified atom stereocenters. The third-order valence-electron chi connectivity index (χ3n) is 9.90. The van der Waals surface area contributed by atoms with Crippen LogP contribution in [0.1, 0.15) is 38.8 Å². The third-order valence-corrected chi connectivity index (χ3v) is 10.4. The van der Waals surface area contributed by atoms with Crippen molar-refractivity contribution in [2.24, 2.45) is 5.41 Å². The van der Waals surface area contributed by atoms with Crippen molar-refractivity contribution < 1.29 is 19.0 Å². The zero-order valence-corrected chi connectivity index (χ0v) is 35.5. The van der Waals surface area contributed by atoms with Gasteiger partial charge in [0.05, 0.1) is 24.5 Å². The number of halogens is 2. The maximum atomic E-state index is 11.6. The second-order valence-electron chi connectivity index (χ2n) is 15.7. The average molecular weight is 823 g/mol. The van der Waals surface area contributed by atoms with Crippen LogP contribution in [-0.2, 0) is 33.1 Å². The summed E-state index contributed by atoms with van der Waals surface area (Å²) in [6, 6.07) is 28.4. The van der Waals surface area contributed by atoms with E-state index in [9.17, 15) is 4.79 Å². The van der Waals surface area contributed by atoms with Gasteiger partial charge < -0.3 is 28.6 Å². The van der Waals surface area contributed by atoms with E-state index in [0.717, 1.165) is 50.7 Å². The van der Waals surface area contributed by atoms with Gasteiger partial charge in [-0.05, 0) is 86.6 Å². The van der Waals surface area contributed by atoms with E-state index in [1.54, 1.807) is 31.6 Å². The summed E-state index contributed by atoms with van der Waals surface area (Å²) in [6.45, 7) is 14.0. The third kappa shape index (κ3) is 11.9. The second kappa shape index (κ2) is 19.8. The van der Waals surface area contributed by atoms with Gasteiger partial charge in [0.25, 0.3) is 0 Å². The SMILES string of the molecule is CC(=O)N1CCN(c2ccc(OC[C@H]3CO[C@](Cn4ccnc4)(c4ccc(Cl)cc4Cl)O3)cc2)CC1.CN(C/C=C/C#CC(C)(C)C)Cc1cccc2ccccc12. The maximum Gasteiger partial charge on any atom is 0.219 e. The Balaban J connectivity index is 0.000000221. The molecule has 58 heavy (non-hydrogen) atoms. The molecule has 304 valence electrons. The van der Waals surface area contributed by atoms with Crippen LogP contribution < -0.4 is 9.64 Å². The standard InChI is InChI=1S/C26H28Cl2N4O4.C21H25N/c1-19(33)31-10-12-32(13-11-31)21-3-5-22(6-4-21)34-15-23-16-35-26(36-23,17-30-9-8-29-18-30)24-7-2-20(27)14-25(24)28;1-21(2,3)15-8-5-9-16-22(4)17-19-13-10-12-18-11-6-7-14-20(18)19/h2-9,14,18,23H,10-13,15-17H2,1H3;5-7,9-14H,16-17H2,1-4H3/b;9-5+/t23-,26-;/m0./s1. The lowest BCUT2D eigenvalue weighted by atomic mass is 9.98. The largest absolute Gasteiger partial charge is 0.491 e. The number of hydrogen-bond acceptors (Lipinski definition) is 7. The first-order valence-corrected chi connectivity index (χ1v) is 20.4. The Morgan fingerprint density at radius 1 is 1.02 bits per heavy atom. The number of aromatic nitrogens is 2. The summed E-state index contributed by atoms with van der Waals surface area (Å²) in [5.74, 6) is 6.13. The number of carbonyl (C=O) groups is 1. The molecule has 2 aliphatic heterocycles. The molecule has 0 N–H and O–H groups in total. The Bertz CT molecular complexity index is 2200. The monoisotopic (exact) mass is 821 g/mol. The quantitative estimate of drug-likeness (QED) is 0.123. The fourth-order valence-electron chi connectivity index (χ4n) is 6.93. The highest BCUT2D eigenvalue weighted by atomic mass is 35.5. The van der Waals surface area contributed by atoms with E-state index >= 15 is 0 Å². The number of hydrogen-bond donors (Lipinski definition) is 0. The number of carbonyl (C=O) groups excluding carboxylic acids is 1. The highest BCUT2D eigenvalue weighted by Crippen LogP contribution is 2.40. The van der Waals surface area contributed by atoms with Gasteiger partial charge >= 0.3 is 0 Å². The summed E-state index contributed by atoms with van der Waals surface area (Å²) in [6.07, 6.45) is 9.07. The molecule has 0 bridgehead atoms. The lowest BCUT2D eigenvalue weighted by Crippen LogP contribution is -2.48. The van der Waals surface area contributed by atoms with Crippen LogP contribution in [0.4, 0.5) is 5.69 Å². The van der Waals surface area contributed by atoms with Gasteiger partial charge in [0.15, 0.2) is 0 Å². The molecule has 2 fully saturated rings. The summed E-state index contributed by atoms with van der Waals surface area (Å²) in [5, 5.41) is 3.67. The first-order valence-electron chi connectivity index (χ1n) is 19.7. The second-order valence-corrected chi connectivity index (χ2v) is 16.6. The van der Waals surface area contributed by atoms with Crippen LogP contribution in [0, 0.1) is 17.3 Å². The predicted octanol–water partition coefficient (Wildman–Crippen LogP) is 9.08. The molecule has 0 spiro atoms. The van der Waals surface area contributed by atoms with Gasteiger partial charge in [-0.25, -0.2) is 4.98 Å². The first kappa shape index (κ1) is 42.8. The van der Waals surface area contributed by atoms with E-state index in [1.165, 1.54) is 16.3 Å². The molecule has 2 atom stereocenters. The Morgan fingerprint density at radius 3 is 2.48 bits per heavy atom. The Morgan fingerprint density at radius 2 is 1.78 bits per heavy atom. The first-order chi connectivity index (χ1) is 27.9. The van der Waals surface area contributed by atoms with E-state index in [0.29, 0.717) is 35.4 Å². The number of anilines is 1. The number of fused-ring (bicyclic) bond motifs is 1. The van der Waals surface area contributed by atoms with Crippen LogP contribution in [0.15, 0.2) is 116 Å². The predicted molar refractivity (Wildman–Crippen MR) is 234 cm³/mol. The van der Waals surface area contributed by atoms with Gasteiger partial charge in [0.2, 0.25) is 11.7 Å². The van der Waals surface area contributed by atoms with Crippen molar-refractivity contribution in [3.05, 3.63) is 137 Å². The average Bonchev–Trinajstić information content (AvgIpc) is 3.87. The van der Waals surface area contributed by atoms with Crippen LogP contribution in [-0.4, -0.2) is 84.3 Å². The fourth-order valence-corrected chi connectivity index (χ4v) is 7.49. The molecule has 2 aliphatic rings. The number of rotatable bonds is 11. The van der Waals surface area contributed by atoms with Crippen molar-refractivity contribution in [3.63, 3.8) is 0 Å². The molecule has 1 aromatic heterocycles. The number of imidazole rings is 1. The Kier molecular flexibility index (Phi) is 14.6. The molecule has 2 saturated heterocycles. The van der Waals surface area contributed by atoms with Gasteiger partial charge in [-0.15, -0.1) is 0 Å². The van der Waals surface area contributed by atoms with Crippen LogP contribution >= 0.6 is 23.2 Å². The topological polar surface area (TPSA) is 72.3 Å². The van der Waals surface area contributed by atoms with Crippen LogP contribution in [0.25, 0.3) is 10.8 Å². The molecule has 3 heterocycles. The number of amides is 1. The van der Waals surface area contributed by atoms with Crippen molar-refractivity contribution in [2.45, 2.75) is 52.7 Å². The molecule has 9 nitrogen and oxygen atoms in total. The molecule has 1 amide bonds. The number of likely N-dealkylation sites (N-methyl/N-ethyl adjacent to an activating group) is 1. The van der Waals surface area contributed by atoms with Crippen molar-refractivity contribution in [2.75, 3.05) is 57.9 Å².